The third-order valence-electron chi connectivity index (χ3n) is 4.26. The van der Waals surface area contributed by atoms with Gasteiger partial charge in [0, 0.05) is 22.2 Å². The number of nitro benzene ring substituents is 1. The highest BCUT2D eigenvalue weighted by molar-refractivity contribution is 9.10. The highest BCUT2D eigenvalue weighted by atomic mass is 79.9. The Hall–Kier alpha value is -3.52. The van der Waals surface area contributed by atoms with Crippen molar-refractivity contribution in [2.24, 2.45) is 5.10 Å². The Morgan fingerprint density at radius 2 is 1.60 bits per heavy atom. The van der Waals surface area contributed by atoms with Crippen LogP contribution in [0, 0.1) is 10.1 Å². The predicted octanol–water partition coefficient (Wildman–Crippen LogP) is 5.09. The summed E-state index contributed by atoms with van der Waals surface area (Å²) in [6.45, 7) is 2.14. The zero-order valence-corrected chi connectivity index (χ0v) is 17.6. The zero-order valence-electron chi connectivity index (χ0n) is 16.0. The van der Waals surface area contributed by atoms with Gasteiger partial charge in [0.2, 0.25) is 0 Å². The van der Waals surface area contributed by atoms with E-state index in [4.69, 9.17) is 4.74 Å². The predicted molar refractivity (Wildman–Crippen MR) is 118 cm³/mol. The van der Waals surface area contributed by atoms with Gasteiger partial charge in [-0.2, -0.15) is 5.10 Å². The SMILES string of the molecule is C/C(=N\NC(=O)c1ccc(OCc2ccc(Br)cc2)cc1)c1ccc([N+](=O)[O-])cc1. The average Bonchev–Trinajstić information content (AvgIpc) is 2.77. The fraction of sp³-hybridized carbons (Fsp3) is 0.0909. The molecular formula is C22H18BrN3O4. The van der Waals surface area contributed by atoms with Gasteiger partial charge in [0.05, 0.1) is 10.6 Å². The van der Waals surface area contributed by atoms with Gasteiger partial charge in [-0.15, -0.1) is 0 Å². The number of amides is 1. The number of carbonyl (C=O) groups excluding carboxylic acids is 1. The molecule has 0 aliphatic rings. The first-order valence-corrected chi connectivity index (χ1v) is 9.78. The fourth-order valence-corrected chi connectivity index (χ4v) is 2.80. The molecule has 3 aromatic carbocycles. The van der Waals surface area contributed by atoms with Crippen molar-refractivity contribution >= 4 is 33.2 Å². The van der Waals surface area contributed by atoms with Crippen LogP contribution in [0.25, 0.3) is 0 Å². The van der Waals surface area contributed by atoms with Gasteiger partial charge in [-0.25, -0.2) is 5.43 Å². The lowest BCUT2D eigenvalue weighted by molar-refractivity contribution is -0.384. The molecule has 0 radical (unpaired) electrons. The second-order valence-corrected chi connectivity index (χ2v) is 7.30. The van der Waals surface area contributed by atoms with E-state index in [1.165, 1.54) is 12.1 Å². The van der Waals surface area contributed by atoms with E-state index in [2.05, 4.69) is 26.5 Å². The lowest BCUT2D eigenvalue weighted by Crippen LogP contribution is -2.19. The Morgan fingerprint density at radius 1 is 1.00 bits per heavy atom. The van der Waals surface area contributed by atoms with Crippen molar-refractivity contribution in [2.45, 2.75) is 13.5 Å². The van der Waals surface area contributed by atoms with Crippen LogP contribution >= 0.6 is 15.9 Å². The van der Waals surface area contributed by atoms with Gasteiger partial charge in [-0.05, 0) is 66.6 Å². The molecule has 152 valence electrons. The van der Waals surface area contributed by atoms with E-state index < -0.39 is 4.92 Å². The Bertz CT molecular complexity index is 1060. The Balaban J connectivity index is 1.56. The lowest BCUT2D eigenvalue weighted by Gasteiger charge is -2.07. The van der Waals surface area contributed by atoms with Gasteiger partial charge >= 0.3 is 0 Å². The molecule has 0 aromatic heterocycles. The largest absolute Gasteiger partial charge is 0.489 e. The van der Waals surface area contributed by atoms with Gasteiger partial charge < -0.3 is 4.74 Å². The fourth-order valence-electron chi connectivity index (χ4n) is 2.54. The summed E-state index contributed by atoms with van der Waals surface area (Å²) in [5.41, 5.74) is 5.17. The molecule has 30 heavy (non-hydrogen) atoms. The maximum atomic E-state index is 12.3. The number of ether oxygens (including phenoxy) is 1. The average molecular weight is 468 g/mol. The number of nitrogens with zero attached hydrogens (tertiary/aromatic N) is 2. The molecule has 0 saturated carbocycles. The number of benzene rings is 3. The van der Waals surface area contributed by atoms with Crippen LogP contribution in [0.15, 0.2) is 82.4 Å². The summed E-state index contributed by atoms with van der Waals surface area (Å²) in [5, 5.41) is 14.8. The Kier molecular flexibility index (Phi) is 6.92. The molecule has 0 spiro atoms. The number of halogens is 1. The zero-order chi connectivity index (χ0) is 21.5. The van der Waals surface area contributed by atoms with Crippen LogP contribution < -0.4 is 10.2 Å². The molecule has 1 amide bonds. The molecule has 0 atom stereocenters. The maximum Gasteiger partial charge on any atom is 0.271 e. The highest BCUT2D eigenvalue weighted by Gasteiger charge is 2.08. The number of nitro groups is 1. The Labute approximate surface area is 181 Å². The number of rotatable bonds is 7. The molecule has 0 bridgehead atoms. The van der Waals surface area contributed by atoms with Crippen molar-refractivity contribution in [1.29, 1.82) is 0 Å². The molecule has 3 rings (SSSR count). The minimum Gasteiger partial charge on any atom is -0.489 e. The topological polar surface area (TPSA) is 93.8 Å². The van der Waals surface area contributed by atoms with E-state index in [1.54, 1.807) is 43.3 Å². The van der Waals surface area contributed by atoms with Crippen molar-refractivity contribution in [1.82, 2.24) is 5.43 Å². The van der Waals surface area contributed by atoms with E-state index >= 15 is 0 Å². The Morgan fingerprint density at radius 3 is 2.20 bits per heavy atom. The molecule has 8 heteroatoms. The molecule has 0 fully saturated rings. The number of hydrogen-bond donors (Lipinski definition) is 1. The number of nitrogens with one attached hydrogen (secondary N) is 1. The normalized spacial score (nSPS) is 11.1. The van der Waals surface area contributed by atoms with E-state index in [9.17, 15) is 14.9 Å². The lowest BCUT2D eigenvalue weighted by atomic mass is 10.1. The number of hydrazone groups is 1. The second-order valence-electron chi connectivity index (χ2n) is 6.38. The van der Waals surface area contributed by atoms with Crippen LogP contribution in [0.4, 0.5) is 5.69 Å². The van der Waals surface area contributed by atoms with Gasteiger partial charge in [0.25, 0.3) is 11.6 Å². The molecule has 0 saturated heterocycles. The van der Waals surface area contributed by atoms with Gasteiger partial charge in [-0.3, -0.25) is 14.9 Å². The molecule has 0 unspecified atom stereocenters. The minimum absolute atomic E-state index is 0.00183. The molecule has 0 aliphatic heterocycles. The van der Waals surface area contributed by atoms with Crippen LogP contribution in [0.1, 0.15) is 28.4 Å². The smallest absolute Gasteiger partial charge is 0.271 e. The highest BCUT2D eigenvalue weighted by Crippen LogP contribution is 2.16. The summed E-state index contributed by atoms with van der Waals surface area (Å²) in [6, 6.07) is 20.5. The minimum atomic E-state index is -0.468. The van der Waals surface area contributed by atoms with Gasteiger partial charge in [0.15, 0.2) is 0 Å². The molecule has 0 aliphatic carbocycles. The van der Waals surface area contributed by atoms with Crippen molar-refractivity contribution in [3.05, 3.63) is 104 Å². The first kappa shape index (κ1) is 21.2. The number of hydrogen-bond acceptors (Lipinski definition) is 5. The van der Waals surface area contributed by atoms with Gasteiger partial charge in [-0.1, -0.05) is 28.1 Å². The molecule has 7 nitrogen and oxygen atoms in total. The summed E-state index contributed by atoms with van der Waals surface area (Å²) >= 11 is 3.39. The van der Waals surface area contributed by atoms with Crippen molar-refractivity contribution in [3.8, 4) is 5.75 Å². The summed E-state index contributed by atoms with van der Waals surface area (Å²) in [4.78, 5) is 22.5. The van der Waals surface area contributed by atoms with Crippen molar-refractivity contribution in [3.63, 3.8) is 0 Å². The molecule has 1 N–H and O–H groups in total. The first-order chi connectivity index (χ1) is 14.4. The van der Waals surface area contributed by atoms with Crippen LogP contribution in [0.5, 0.6) is 5.75 Å². The monoisotopic (exact) mass is 467 g/mol. The maximum absolute atomic E-state index is 12.3. The quantitative estimate of drug-likeness (QED) is 0.297. The summed E-state index contributed by atoms with van der Waals surface area (Å²) in [6.07, 6.45) is 0. The second kappa shape index (κ2) is 9.80. The van der Waals surface area contributed by atoms with E-state index in [0.717, 1.165) is 10.0 Å². The number of carbonyl (C=O) groups is 1. The molecule has 3 aromatic rings. The summed E-state index contributed by atoms with van der Waals surface area (Å²) < 4.78 is 6.73. The van der Waals surface area contributed by atoms with Crippen LogP contribution in [-0.4, -0.2) is 16.5 Å². The standard InChI is InChI=1S/C22H18BrN3O4/c1-15(17-4-10-20(11-5-17)26(28)29)24-25-22(27)18-6-12-21(13-7-18)30-14-16-2-8-19(23)9-3-16/h2-13H,14H2,1H3,(H,25,27)/b24-15+. The van der Waals surface area contributed by atoms with Gasteiger partial charge in [0.1, 0.15) is 12.4 Å². The van der Waals surface area contributed by atoms with E-state index in [-0.39, 0.29) is 11.6 Å². The molecule has 0 heterocycles. The van der Waals surface area contributed by atoms with Crippen molar-refractivity contribution < 1.29 is 14.5 Å². The summed E-state index contributed by atoms with van der Waals surface area (Å²) in [5.74, 6) is 0.288. The summed E-state index contributed by atoms with van der Waals surface area (Å²) in [7, 11) is 0. The third-order valence-corrected chi connectivity index (χ3v) is 4.78. The van der Waals surface area contributed by atoms with Crippen LogP contribution in [0.3, 0.4) is 0 Å². The van der Waals surface area contributed by atoms with E-state index in [0.29, 0.717) is 29.2 Å². The van der Waals surface area contributed by atoms with Crippen LogP contribution in [-0.2, 0) is 6.61 Å². The first-order valence-electron chi connectivity index (χ1n) is 8.99. The third kappa shape index (κ3) is 5.74. The van der Waals surface area contributed by atoms with Crippen molar-refractivity contribution in [2.75, 3.05) is 0 Å². The van der Waals surface area contributed by atoms with E-state index in [1.807, 2.05) is 24.3 Å². The molecular weight excluding hydrogens is 450 g/mol. The van der Waals surface area contributed by atoms with Crippen LogP contribution in [0.2, 0.25) is 0 Å². The number of non-ortho nitro benzene ring substituents is 1.